The molecular weight excluding hydrogens is 417 g/mol. The van der Waals surface area contributed by atoms with Crippen molar-refractivity contribution >= 4 is 11.3 Å². The average molecular weight is 434 g/mol. The monoisotopic (exact) mass is 434 g/mol. The predicted octanol–water partition coefficient (Wildman–Crippen LogP) is 4.24. The minimum Gasteiger partial charge on any atom is -0.415 e. The Morgan fingerprint density at radius 1 is 1.13 bits per heavy atom. The van der Waals surface area contributed by atoms with Crippen molar-refractivity contribution in [2.45, 2.75) is 19.5 Å². The Hall–Kier alpha value is -3.05. The zero-order chi connectivity index (χ0) is 21.3. The van der Waals surface area contributed by atoms with E-state index in [1.807, 2.05) is 26.2 Å². The highest BCUT2D eigenvalue weighted by Gasteiger charge is 2.18. The Morgan fingerprint density at radius 3 is 2.67 bits per heavy atom. The van der Waals surface area contributed by atoms with Crippen LogP contribution in [0.15, 0.2) is 40.9 Å². The summed E-state index contributed by atoms with van der Waals surface area (Å²) in [5, 5.41) is 15.0. The van der Waals surface area contributed by atoms with Gasteiger partial charge in [-0.25, -0.2) is 9.07 Å². The molecule has 11 heteroatoms. The molecule has 7 nitrogen and oxygen atoms in total. The summed E-state index contributed by atoms with van der Waals surface area (Å²) in [6.07, 6.45) is -1.12. The van der Waals surface area contributed by atoms with E-state index in [9.17, 15) is 13.2 Å². The molecule has 0 N–H and O–H groups in total. The third-order valence-electron chi connectivity index (χ3n) is 4.18. The van der Waals surface area contributed by atoms with Crippen molar-refractivity contribution in [2.24, 2.45) is 0 Å². The van der Waals surface area contributed by atoms with Crippen molar-refractivity contribution in [3.63, 3.8) is 0 Å². The van der Waals surface area contributed by atoms with Crippen LogP contribution < -0.4 is 0 Å². The van der Waals surface area contributed by atoms with Crippen LogP contribution in [0.4, 0.5) is 13.2 Å². The molecule has 1 aromatic carbocycles. The summed E-state index contributed by atoms with van der Waals surface area (Å²) in [6.45, 7) is 1.01. The SMILES string of the molecule is CN(C)Cc1ccc(-c2cn(Cc3ccc(-c4nnc(C(F)F)o4)cc3F)nn2)s1. The fourth-order valence-corrected chi connectivity index (χ4v) is 3.90. The molecule has 0 aliphatic carbocycles. The van der Waals surface area contributed by atoms with E-state index in [-0.39, 0.29) is 18.0 Å². The molecule has 0 amide bonds. The summed E-state index contributed by atoms with van der Waals surface area (Å²) >= 11 is 1.63. The van der Waals surface area contributed by atoms with Crippen LogP contribution in [0, 0.1) is 5.82 Å². The van der Waals surface area contributed by atoms with Gasteiger partial charge in [0.05, 0.1) is 17.6 Å². The highest BCUT2D eigenvalue weighted by Crippen LogP contribution is 2.28. The summed E-state index contributed by atoms with van der Waals surface area (Å²) < 4.78 is 46.1. The van der Waals surface area contributed by atoms with Gasteiger partial charge < -0.3 is 9.32 Å². The molecule has 0 saturated carbocycles. The van der Waals surface area contributed by atoms with E-state index in [0.29, 0.717) is 11.3 Å². The number of hydrogen-bond acceptors (Lipinski definition) is 7. The van der Waals surface area contributed by atoms with E-state index in [2.05, 4.69) is 25.4 Å². The fraction of sp³-hybridized carbons (Fsp3) is 0.263. The minimum absolute atomic E-state index is 0.162. The highest BCUT2D eigenvalue weighted by molar-refractivity contribution is 7.15. The summed E-state index contributed by atoms with van der Waals surface area (Å²) in [5.41, 5.74) is 1.30. The number of rotatable bonds is 7. The summed E-state index contributed by atoms with van der Waals surface area (Å²) in [5.74, 6) is -1.50. The van der Waals surface area contributed by atoms with E-state index in [1.165, 1.54) is 23.1 Å². The first-order valence-electron chi connectivity index (χ1n) is 8.93. The van der Waals surface area contributed by atoms with Gasteiger partial charge in [0.15, 0.2) is 0 Å². The van der Waals surface area contributed by atoms with Crippen LogP contribution in [0.3, 0.4) is 0 Å². The third kappa shape index (κ3) is 4.41. The quantitative estimate of drug-likeness (QED) is 0.433. The minimum atomic E-state index is -2.88. The molecule has 0 aliphatic heterocycles. The van der Waals surface area contributed by atoms with Crippen LogP contribution in [-0.2, 0) is 13.1 Å². The average Bonchev–Trinajstić information content (AvgIpc) is 3.43. The van der Waals surface area contributed by atoms with Gasteiger partial charge in [0.1, 0.15) is 11.5 Å². The van der Waals surface area contributed by atoms with Crippen molar-refractivity contribution in [1.82, 2.24) is 30.1 Å². The zero-order valence-electron chi connectivity index (χ0n) is 16.1. The number of alkyl halides is 2. The lowest BCUT2D eigenvalue weighted by Crippen LogP contribution is -2.09. The maximum absolute atomic E-state index is 14.5. The smallest absolute Gasteiger partial charge is 0.314 e. The van der Waals surface area contributed by atoms with Crippen LogP contribution in [0.2, 0.25) is 0 Å². The number of hydrogen-bond donors (Lipinski definition) is 0. The molecular formula is C19H17F3N6OS. The molecule has 0 fully saturated rings. The van der Waals surface area contributed by atoms with Crippen LogP contribution in [0.25, 0.3) is 22.0 Å². The first-order valence-corrected chi connectivity index (χ1v) is 9.75. The second-order valence-electron chi connectivity index (χ2n) is 6.86. The van der Waals surface area contributed by atoms with Gasteiger partial charge in [0.25, 0.3) is 5.89 Å². The Kier molecular flexibility index (Phi) is 5.64. The lowest BCUT2D eigenvalue weighted by atomic mass is 10.1. The molecule has 0 spiro atoms. The van der Waals surface area contributed by atoms with Gasteiger partial charge in [0.2, 0.25) is 5.89 Å². The van der Waals surface area contributed by atoms with Crippen LogP contribution in [-0.4, -0.2) is 44.2 Å². The normalized spacial score (nSPS) is 11.7. The second-order valence-corrected chi connectivity index (χ2v) is 8.03. The molecule has 3 aromatic heterocycles. The van der Waals surface area contributed by atoms with Crippen LogP contribution in [0.1, 0.15) is 22.8 Å². The van der Waals surface area contributed by atoms with Gasteiger partial charge in [-0.05, 0) is 38.4 Å². The van der Waals surface area contributed by atoms with Gasteiger partial charge in [-0.15, -0.1) is 26.6 Å². The molecule has 4 rings (SSSR count). The van der Waals surface area contributed by atoms with Crippen LogP contribution >= 0.6 is 11.3 Å². The van der Waals surface area contributed by atoms with Crippen molar-refractivity contribution in [3.05, 3.63) is 58.7 Å². The molecule has 0 aliphatic rings. The number of thiophene rings is 1. The van der Waals surface area contributed by atoms with E-state index in [0.717, 1.165) is 11.4 Å². The summed E-state index contributed by atoms with van der Waals surface area (Å²) in [6, 6.07) is 8.27. The van der Waals surface area contributed by atoms with E-state index >= 15 is 0 Å². The van der Waals surface area contributed by atoms with Crippen molar-refractivity contribution in [3.8, 4) is 22.0 Å². The Labute approximate surface area is 173 Å². The van der Waals surface area contributed by atoms with E-state index in [1.54, 1.807) is 22.2 Å². The molecule has 156 valence electrons. The molecule has 0 unspecified atom stereocenters. The third-order valence-corrected chi connectivity index (χ3v) is 5.28. The molecule has 0 radical (unpaired) electrons. The standard InChI is InChI=1S/C19H17F3N6OS/c1-27(2)9-13-5-6-16(30-13)15-10-28(26-23-15)8-12-4-3-11(7-14(12)20)18-24-25-19(29-18)17(21)22/h3-7,10,17H,8-9H2,1-2H3. The van der Waals surface area contributed by atoms with Crippen molar-refractivity contribution in [1.29, 1.82) is 0 Å². The lowest BCUT2D eigenvalue weighted by Gasteiger charge is -2.05. The van der Waals surface area contributed by atoms with Crippen molar-refractivity contribution in [2.75, 3.05) is 14.1 Å². The maximum atomic E-state index is 14.5. The van der Waals surface area contributed by atoms with Crippen LogP contribution in [0.5, 0.6) is 0 Å². The Bertz CT molecular complexity index is 1150. The molecule has 0 bridgehead atoms. The van der Waals surface area contributed by atoms with Crippen molar-refractivity contribution < 1.29 is 17.6 Å². The molecule has 0 atom stereocenters. The van der Waals surface area contributed by atoms with Gasteiger partial charge in [0, 0.05) is 22.5 Å². The molecule has 0 saturated heterocycles. The largest absolute Gasteiger partial charge is 0.415 e. The summed E-state index contributed by atoms with van der Waals surface area (Å²) in [7, 11) is 4.01. The number of nitrogens with zero attached hydrogens (tertiary/aromatic N) is 6. The first-order chi connectivity index (χ1) is 14.4. The van der Waals surface area contributed by atoms with Gasteiger partial charge in [-0.3, -0.25) is 0 Å². The van der Waals surface area contributed by atoms with Gasteiger partial charge in [-0.1, -0.05) is 11.3 Å². The maximum Gasteiger partial charge on any atom is 0.314 e. The Morgan fingerprint density at radius 2 is 1.97 bits per heavy atom. The fourth-order valence-electron chi connectivity index (χ4n) is 2.82. The summed E-state index contributed by atoms with van der Waals surface area (Å²) in [4.78, 5) is 4.28. The molecule has 3 heterocycles. The number of benzene rings is 1. The first kappa shape index (κ1) is 20.2. The molecule has 30 heavy (non-hydrogen) atoms. The van der Waals surface area contributed by atoms with E-state index < -0.39 is 18.1 Å². The van der Waals surface area contributed by atoms with E-state index in [4.69, 9.17) is 4.42 Å². The second kappa shape index (κ2) is 8.36. The highest BCUT2D eigenvalue weighted by atomic mass is 32.1. The number of halogens is 3. The lowest BCUT2D eigenvalue weighted by molar-refractivity contribution is 0.116. The topological polar surface area (TPSA) is 72.9 Å². The van der Waals surface area contributed by atoms with Gasteiger partial charge in [-0.2, -0.15) is 8.78 Å². The zero-order valence-corrected chi connectivity index (χ0v) is 16.9. The predicted molar refractivity (Wildman–Crippen MR) is 104 cm³/mol. The number of aromatic nitrogens is 5. The molecule has 4 aromatic rings. The van der Waals surface area contributed by atoms with Gasteiger partial charge >= 0.3 is 6.43 Å². The Balaban J connectivity index is 1.49.